The third-order valence-electron chi connectivity index (χ3n) is 2.87. The standard InChI is InChI=1S/C12H14F3NOS/c13-12(14,15)11-3-1-2-9(4-11)7-18(17)8-10-5-16-6-10/h1-4,10,16H,5-8H2. The lowest BCUT2D eigenvalue weighted by molar-refractivity contribution is -0.137. The molecule has 0 spiro atoms. The Morgan fingerprint density at radius 2 is 2.06 bits per heavy atom. The first-order valence-corrected chi connectivity index (χ1v) is 7.16. The third kappa shape index (κ3) is 3.55. The second-order valence-electron chi connectivity index (χ2n) is 4.47. The summed E-state index contributed by atoms with van der Waals surface area (Å²) in [4.78, 5) is 0. The van der Waals surface area contributed by atoms with Crippen LogP contribution in [-0.2, 0) is 22.7 Å². The van der Waals surface area contributed by atoms with Gasteiger partial charge in [-0.15, -0.1) is 0 Å². The van der Waals surface area contributed by atoms with Crippen molar-refractivity contribution >= 4 is 10.8 Å². The van der Waals surface area contributed by atoms with Crippen LogP contribution in [0, 0.1) is 5.92 Å². The van der Waals surface area contributed by atoms with Crippen molar-refractivity contribution in [2.45, 2.75) is 11.9 Å². The first-order chi connectivity index (χ1) is 8.45. The van der Waals surface area contributed by atoms with Crippen LogP contribution in [0.15, 0.2) is 24.3 Å². The molecule has 2 nitrogen and oxygen atoms in total. The molecule has 1 aromatic carbocycles. The summed E-state index contributed by atoms with van der Waals surface area (Å²) in [6, 6.07) is 5.06. The van der Waals surface area contributed by atoms with Gasteiger partial charge in [-0.05, 0) is 17.5 Å². The van der Waals surface area contributed by atoms with Crippen LogP contribution < -0.4 is 5.32 Å². The molecule has 0 aliphatic carbocycles. The normalized spacial score (nSPS) is 18.4. The van der Waals surface area contributed by atoms with E-state index in [4.69, 9.17) is 0 Å². The van der Waals surface area contributed by atoms with E-state index in [1.165, 1.54) is 6.07 Å². The third-order valence-corrected chi connectivity index (χ3v) is 4.37. The van der Waals surface area contributed by atoms with Gasteiger partial charge in [0.05, 0.1) is 5.56 Å². The number of hydrogen-bond acceptors (Lipinski definition) is 2. The monoisotopic (exact) mass is 277 g/mol. The maximum atomic E-state index is 12.5. The van der Waals surface area contributed by atoms with Crippen molar-refractivity contribution in [2.24, 2.45) is 5.92 Å². The number of alkyl halides is 3. The molecule has 1 heterocycles. The highest BCUT2D eigenvalue weighted by Gasteiger charge is 2.30. The van der Waals surface area contributed by atoms with Crippen molar-refractivity contribution in [3.8, 4) is 0 Å². The van der Waals surface area contributed by atoms with E-state index < -0.39 is 22.5 Å². The molecule has 1 aliphatic heterocycles. The first-order valence-electron chi connectivity index (χ1n) is 5.67. The van der Waals surface area contributed by atoms with E-state index in [9.17, 15) is 17.4 Å². The second-order valence-corrected chi connectivity index (χ2v) is 5.97. The predicted molar refractivity (Wildman–Crippen MR) is 64.5 cm³/mol. The highest BCUT2D eigenvalue weighted by molar-refractivity contribution is 7.84. The molecule has 0 bridgehead atoms. The van der Waals surface area contributed by atoms with Gasteiger partial charge in [0.15, 0.2) is 0 Å². The van der Waals surface area contributed by atoms with Crippen molar-refractivity contribution < 1.29 is 17.4 Å². The van der Waals surface area contributed by atoms with E-state index in [1.54, 1.807) is 6.07 Å². The number of hydrogen-bond donors (Lipinski definition) is 1. The van der Waals surface area contributed by atoms with Crippen LogP contribution in [0.25, 0.3) is 0 Å². The minimum atomic E-state index is -4.34. The molecule has 0 amide bonds. The molecular formula is C12H14F3NOS. The Kier molecular flexibility index (Phi) is 4.07. The Morgan fingerprint density at radius 1 is 1.33 bits per heavy atom. The quantitative estimate of drug-likeness (QED) is 0.914. The van der Waals surface area contributed by atoms with E-state index >= 15 is 0 Å². The molecule has 1 fully saturated rings. The van der Waals surface area contributed by atoms with Gasteiger partial charge in [-0.1, -0.05) is 18.2 Å². The smallest absolute Gasteiger partial charge is 0.316 e. The van der Waals surface area contributed by atoms with Crippen LogP contribution in [0.4, 0.5) is 13.2 Å². The summed E-state index contributed by atoms with van der Waals surface area (Å²) in [5.74, 6) is 1.15. The molecule has 100 valence electrons. The zero-order chi connectivity index (χ0) is 13.2. The number of nitrogens with one attached hydrogen (secondary N) is 1. The fourth-order valence-electron chi connectivity index (χ4n) is 1.81. The summed E-state index contributed by atoms with van der Waals surface area (Å²) in [5, 5.41) is 3.08. The van der Waals surface area contributed by atoms with Crippen LogP contribution in [-0.4, -0.2) is 23.1 Å². The van der Waals surface area contributed by atoms with Crippen molar-refractivity contribution in [2.75, 3.05) is 18.8 Å². The lowest BCUT2D eigenvalue weighted by atomic mass is 10.1. The average molecular weight is 277 g/mol. The molecule has 1 aromatic rings. The van der Waals surface area contributed by atoms with Gasteiger partial charge < -0.3 is 5.32 Å². The molecule has 0 saturated carbocycles. The Morgan fingerprint density at radius 3 is 2.61 bits per heavy atom. The first kappa shape index (κ1) is 13.5. The number of rotatable bonds is 4. The van der Waals surface area contributed by atoms with Crippen LogP contribution in [0.1, 0.15) is 11.1 Å². The van der Waals surface area contributed by atoms with E-state index in [2.05, 4.69) is 5.32 Å². The Balaban J connectivity index is 1.98. The maximum Gasteiger partial charge on any atom is 0.416 e. The van der Waals surface area contributed by atoms with Crippen molar-refractivity contribution in [3.05, 3.63) is 35.4 Å². The lowest BCUT2D eigenvalue weighted by Crippen LogP contribution is -2.44. The van der Waals surface area contributed by atoms with Crippen molar-refractivity contribution in [1.29, 1.82) is 0 Å². The molecule has 1 unspecified atom stereocenters. The zero-order valence-corrected chi connectivity index (χ0v) is 10.5. The Hall–Kier alpha value is -0.880. The van der Waals surface area contributed by atoms with Crippen molar-refractivity contribution in [3.63, 3.8) is 0 Å². The molecule has 0 aromatic heterocycles. The molecule has 1 atom stereocenters. The van der Waals surface area contributed by atoms with Gasteiger partial charge in [0, 0.05) is 35.4 Å². The minimum absolute atomic E-state index is 0.195. The largest absolute Gasteiger partial charge is 0.416 e. The van der Waals surface area contributed by atoms with Gasteiger partial charge in [-0.25, -0.2) is 0 Å². The molecular weight excluding hydrogens is 263 g/mol. The molecule has 1 N–H and O–H groups in total. The summed E-state index contributed by atoms with van der Waals surface area (Å²) in [6.07, 6.45) is -4.34. The van der Waals surface area contributed by atoms with Crippen molar-refractivity contribution in [1.82, 2.24) is 5.32 Å². The van der Waals surface area contributed by atoms with Gasteiger partial charge >= 0.3 is 6.18 Å². The molecule has 6 heteroatoms. The highest BCUT2D eigenvalue weighted by Crippen LogP contribution is 2.29. The van der Waals surface area contributed by atoms with Crippen LogP contribution in [0.2, 0.25) is 0 Å². The Bertz CT molecular complexity index is 443. The molecule has 18 heavy (non-hydrogen) atoms. The lowest BCUT2D eigenvalue weighted by Gasteiger charge is -2.26. The fourth-order valence-corrected chi connectivity index (χ4v) is 3.24. The minimum Gasteiger partial charge on any atom is -0.316 e. The molecule has 1 saturated heterocycles. The molecule has 2 rings (SSSR count). The van der Waals surface area contributed by atoms with Crippen LogP contribution in [0.3, 0.4) is 0 Å². The van der Waals surface area contributed by atoms with E-state index in [0.717, 1.165) is 25.2 Å². The van der Waals surface area contributed by atoms with E-state index in [1.807, 2.05) is 0 Å². The van der Waals surface area contributed by atoms with Gasteiger partial charge in [-0.3, -0.25) is 4.21 Å². The summed E-state index contributed by atoms with van der Waals surface area (Å²) in [5.41, 5.74) is -0.197. The number of benzene rings is 1. The van der Waals surface area contributed by atoms with Gasteiger partial charge in [0.2, 0.25) is 0 Å². The Labute approximate surface area is 106 Å². The van der Waals surface area contributed by atoms with Gasteiger partial charge in [0.1, 0.15) is 0 Å². The van der Waals surface area contributed by atoms with Gasteiger partial charge in [-0.2, -0.15) is 13.2 Å². The highest BCUT2D eigenvalue weighted by atomic mass is 32.2. The number of halogens is 3. The summed E-state index contributed by atoms with van der Waals surface area (Å²) < 4.78 is 49.3. The maximum absolute atomic E-state index is 12.5. The van der Waals surface area contributed by atoms with Gasteiger partial charge in [0.25, 0.3) is 0 Å². The second kappa shape index (κ2) is 5.40. The molecule has 1 aliphatic rings. The average Bonchev–Trinajstić information content (AvgIpc) is 2.23. The van der Waals surface area contributed by atoms with E-state index in [-0.39, 0.29) is 5.75 Å². The topological polar surface area (TPSA) is 29.1 Å². The summed E-state index contributed by atoms with van der Waals surface area (Å²) in [7, 11) is -1.09. The van der Waals surface area contributed by atoms with Crippen LogP contribution >= 0.6 is 0 Å². The zero-order valence-electron chi connectivity index (χ0n) is 9.67. The summed E-state index contributed by atoms with van der Waals surface area (Å²) >= 11 is 0. The predicted octanol–water partition coefficient (Wildman–Crippen LogP) is 2.17. The SMILES string of the molecule is O=S(Cc1cccc(C(F)(F)F)c1)CC1CNC1. The molecule has 0 radical (unpaired) electrons. The van der Waals surface area contributed by atoms with Crippen LogP contribution in [0.5, 0.6) is 0 Å². The summed E-state index contributed by atoms with van der Waals surface area (Å²) in [6.45, 7) is 1.71. The van der Waals surface area contributed by atoms with E-state index in [0.29, 0.717) is 17.2 Å². The fraction of sp³-hybridized carbons (Fsp3) is 0.500.